The van der Waals surface area contributed by atoms with Gasteiger partial charge in [-0.05, 0) is 44.1 Å². The van der Waals surface area contributed by atoms with Crippen LogP contribution in [0, 0.1) is 11.8 Å². The Hall–Kier alpha value is -0.300. The molecule has 1 N–H and O–H groups in total. The van der Waals surface area contributed by atoms with Crippen molar-refractivity contribution in [1.29, 1.82) is 0 Å². The molecule has 1 aliphatic carbocycles. The Morgan fingerprint density at radius 1 is 1.50 bits per heavy atom. The van der Waals surface area contributed by atoms with Crippen molar-refractivity contribution in [3.63, 3.8) is 0 Å². The predicted molar refractivity (Wildman–Crippen MR) is 63.4 cm³/mol. The normalized spacial score (nSPS) is 29.0. The number of rotatable bonds is 6. The van der Waals surface area contributed by atoms with Crippen molar-refractivity contribution in [2.45, 2.75) is 52.0 Å². The van der Waals surface area contributed by atoms with Gasteiger partial charge in [0.2, 0.25) is 0 Å². The van der Waals surface area contributed by atoms with Crippen LogP contribution in [0.5, 0.6) is 0 Å². The fourth-order valence-corrected chi connectivity index (χ4v) is 2.68. The molecule has 3 unspecified atom stereocenters. The molecule has 0 aromatic heterocycles. The summed E-state index contributed by atoms with van der Waals surface area (Å²) in [6.07, 6.45) is 8.76. The lowest BCUT2D eigenvalue weighted by Gasteiger charge is -2.24. The van der Waals surface area contributed by atoms with Crippen molar-refractivity contribution in [2.24, 2.45) is 11.8 Å². The van der Waals surface area contributed by atoms with Gasteiger partial charge in [-0.1, -0.05) is 26.3 Å². The molecular formula is C13H25N. The van der Waals surface area contributed by atoms with Gasteiger partial charge in [-0.25, -0.2) is 0 Å². The van der Waals surface area contributed by atoms with Gasteiger partial charge >= 0.3 is 0 Å². The molecule has 1 nitrogen and oxygen atoms in total. The molecule has 3 atom stereocenters. The van der Waals surface area contributed by atoms with Gasteiger partial charge in [0.25, 0.3) is 0 Å². The zero-order valence-corrected chi connectivity index (χ0v) is 9.76. The topological polar surface area (TPSA) is 12.0 Å². The highest BCUT2D eigenvalue weighted by Gasteiger charge is 2.27. The van der Waals surface area contributed by atoms with E-state index < -0.39 is 0 Å². The zero-order valence-electron chi connectivity index (χ0n) is 9.76. The van der Waals surface area contributed by atoms with Crippen LogP contribution < -0.4 is 5.32 Å². The summed E-state index contributed by atoms with van der Waals surface area (Å²) in [6.45, 7) is 9.50. The maximum absolute atomic E-state index is 3.81. The molecule has 1 heteroatoms. The third kappa shape index (κ3) is 3.45. The third-order valence-corrected chi connectivity index (χ3v) is 3.45. The van der Waals surface area contributed by atoms with E-state index in [1.165, 1.54) is 25.7 Å². The lowest BCUT2D eigenvalue weighted by molar-refractivity contribution is 0.340. The van der Waals surface area contributed by atoms with Crippen LogP contribution in [0.3, 0.4) is 0 Å². The van der Waals surface area contributed by atoms with Crippen LogP contribution >= 0.6 is 0 Å². The summed E-state index contributed by atoms with van der Waals surface area (Å²) in [5.41, 5.74) is 0. The Morgan fingerprint density at radius 2 is 2.29 bits per heavy atom. The Morgan fingerprint density at radius 3 is 2.79 bits per heavy atom. The molecule has 1 fully saturated rings. The molecule has 0 bridgehead atoms. The Labute approximate surface area is 89.0 Å². The molecular weight excluding hydrogens is 170 g/mol. The van der Waals surface area contributed by atoms with Crippen molar-refractivity contribution in [1.82, 2.24) is 5.32 Å². The van der Waals surface area contributed by atoms with E-state index in [-0.39, 0.29) is 0 Å². The fourth-order valence-electron chi connectivity index (χ4n) is 2.68. The highest BCUT2D eigenvalue weighted by molar-refractivity contribution is 4.84. The molecule has 0 heterocycles. The lowest BCUT2D eigenvalue weighted by atomic mass is 9.93. The predicted octanol–water partition coefficient (Wildman–Crippen LogP) is 3.37. The first-order valence-electron chi connectivity index (χ1n) is 6.12. The average Bonchev–Trinajstić information content (AvgIpc) is 2.59. The van der Waals surface area contributed by atoms with E-state index >= 15 is 0 Å². The van der Waals surface area contributed by atoms with Crippen LogP contribution in [0.1, 0.15) is 46.0 Å². The van der Waals surface area contributed by atoms with Crippen molar-refractivity contribution in [3.8, 4) is 0 Å². The van der Waals surface area contributed by atoms with E-state index in [1.54, 1.807) is 0 Å². The van der Waals surface area contributed by atoms with Gasteiger partial charge in [0.1, 0.15) is 0 Å². The summed E-state index contributed by atoms with van der Waals surface area (Å²) < 4.78 is 0. The summed E-state index contributed by atoms with van der Waals surface area (Å²) in [6, 6.07) is 0.739. The van der Waals surface area contributed by atoms with Crippen molar-refractivity contribution < 1.29 is 0 Å². The van der Waals surface area contributed by atoms with E-state index in [1.807, 2.05) is 6.08 Å². The molecule has 14 heavy (non-hydrogen) atoms. The van der Waals surface area contributed by atoms with E-state index in [4.69, 9.17) is 0 Å². The molecule has 0 aliphatic heterocycles. The summed E-state index contributed by atoms with van der Waals surface area (Å²) >= 11 is 0. The molecule has 0 spiro atoms. The second kappa shape index (κ2) is 6.23. The SMILES string of the molecule is C=CCCC(NCC)C1CCC(C)C1. The quantitative estimate of drug-likeness (QED) is 0.641. The van der Waals surface area contributed by atoms with E-state index in [9.17, 15) is 0 Å². The minimum Gasteiger partial charge on any atom is -0.314 e. The number of hydrogen-bond acceptors (Lipinski definition) is 1. The molecule has 1 saturated carbocycles. The molecule has 0 amide bonds. The standard InChI is InChI=1S/C13H25N/c1-4-6-7-13(14-5-2)12-9-8-11(3)10-12/h4,11-14H,1,5-10H2,2-3H3. The molecule has 0 saturated heterocycles. The maximum Gasteiger partial charge on any atom is 0.00982 e. The summed E-state index contributed by atoms with van der Waals surface area (Å²) in [5.74, 6) is 1.87. The zero-order chi connectivity index (χ0) is 10.4. The van der Waals surface area contributed by atoms with E-state index in [2.05, 4.69) is 25.7 Å². The smallest absolute Gasteiger partial charge is 0.00982 e. The second-order valence-corrected chi connectivity index (χ2v) is 4.71. The summed E-state index contributed by atoms with van der Waals surface area (Å²) in [4.78, 5) is 0. The first-order valence-corrected chi connectivity index (χ1v) is 6.12. The molecule has 0 radical (unpaired) electrons. The van der Waals surface area contributed by atoms with Crippen LogP contribution in [-0.2, 0) is 0 Å². The highest BCUT2D eigenvalue weighted by Crippen LogP contribution is 2.33. The largest absolute Gasteiger partial charge is 0.314 e. The number of allylic oxidation sites excluding steroid dienone is 1. The van der Waals surface area contributed by atoms with Crippen LogP contribution in [0.25, 0.3) is 0 Å². The average molecular weight is 195 g/mol. The van der Waals surface area contributed by atoms with Crippen molar-refractivity contribution >= 4 is 0 Å². The Kier molecular flexibility index (Phi) is 5.24. The lowest BCUT2D eigenvalue weighted by Crippen LogP contribution is -2.35. The first-order chi connectivity index (χ1) is 6.77. The monoisotopic (exact) mass is 195 g/mol. The molecule has 0 aromatic rings. The van der Waals surface area contributed by atoms with Crippen molar-refractivity contribution in [2.75, 3.05) is 6.54 Å². The molecule has 1 rings (SSSR count). The van der Waals surface area contributed by atoms with Gasteiger partial charge in [0.15, 0.2) is 0 Å². The molecule has 82 valence electrons. The number of hydrogen-bond donors (Lipinski definition) is 1. The minimum absolute atomic E-state index is 0.739. The maximum atomic E-state index is 3.81. The van der Waals surface area contributed by atoms with Gasteiger partial charge in [-0.2, -0.15) is 0 Å². The van der Waals surface area contributed by atoms with Crippen LogP contribution in [-0.4, -0.2) is 12.6 Å². The Balaban J connectivity index is 2.36. The van der Waals surface area contributed by atoms with Gasteiger partial charge in [0.05, 0.1) is 0 Å². The van der Waals surface area contributed by atoms with Crippen molar-refractivity contribution in [3.05, 3.63) is 12.7 Å². The van der Waals surface area contributed by atoms with E-state index in [0.717, 1.165) is 30.8 Å². The molecule has 1 aliphatic rings. The van der Waals surface area contributed by atoms with Gasteiger partial charge < -0.3 is 5.32 Å². The van der Waals surface area contributed by atoms with Gasteiger partial charge in [-0.3, -0.25) is 0 Å². The summed E-state index contributed by atoms with van der Waals surface area (Å²) in [7, 11) is 0. The van der Waals surface area contributed by atoms with Gasteiger partial charge in [0, 0.05) is 6.04 Å². The highest BCUT2D eigenvalue weighted by atomic mass is 14.9. The van der Waals surface area contributed by atoms with Crippen LogP contribution in [0.4, 0.5) is 0 Å². The van der Waals surface area contributed by atoms with E-state index in [0.29, 0.717) is 0 Å². The van der Waals surface area contributed by atoms with Crippen LogP contribution in [0.2, 0.25) is 0 Å². The summed E-state index contributed by atoms with van der Waals surface area (Å²) in [5, 5.41) is 3.63. The van der Waals surface area contributed by atoms with Gasteiger partial charge in [-0.15, -0.1) is 6.58 Å². The second-order valence-electron chi connectivity index (χ2n) is 4.71. The third-order valence-electron chi connectivity index (χ3n) is 3.45. The first kappa shape index (κ1) is 11.8. The van der Waals surface area contributed by atoms with Crippen LogP contribution in [0.15, 0.2) is 12.7 Å². The number of nitrogens with one attached hydrogen (secondary N) is 1. The Bertz CT molecular complexity index is 165. The minimum atomic E-state index is 0.739. The fraction of sp³-hybridized carbons (Fsp3) is 0.846. The molecule has 0 aromatic carbocycles.